The molecule has 0 aromatic heterocycles. The van der Waals surface area contributed by atoms with Crippen LogP contribution in [0.5, 0.6) is 11.5 Å². The molecule has 0 spiro atoms. The summed E-state index contributed by atoms with van der Waals surface area (Å²) in [5.41, 5.74) is 0.788. The van der Waals surface area contributed by atoms with Crippen molar-refractivity contribution in [3.8, 4) is 11.5 Å². The van der Waals surface area contributed by atoms with E-state index < -0.39 is 16.1 Å². The Labute approximate surface area is 157 Å². The van der Waals surface area contributed by atoms with E-state index in [0.29, 0.717) is 36.3 Å². The fourth-order valence-electron chi connectivity index (χ4n) is 3.10. The second-order valence-electron chi connectivity index (χ2n) is 6.05. The van der Waals surface area contributed by atoms with E-state index in [-0.39, 0.29) is 18.0 Å². The summed E-state index contributed by atoms with van der Waals surface area (Å²) in [5.74, 6) is 1.01. The highest BCUT2D eigenvalue weighted by atomic mass is 35.5. The number of benzene rings is 2. The van der Waals surface area contributed by atoms with Crippen molar-refractivity contribution < 1.29 is 22.6 Å². The van der Waals surface area contributed by atoms with E-state index in [9.17, 15) is 8.42 Å². The maximum atomic E-state index is 13.1. The van der Waals surface area contributed by atoms with Gasteiger partial charge < -0.3 is 14.2 Å². The lowest BCUT2D eigenvalue weighted by molar-refractivity contribution is -0.00250. The van der Waals surface area contributed by atoms with E-state index in [0.717, 1.165) is 5.56 Å². The van der Waals surface area contributed by atoms with Crippen molar-refractivity contribution >= 4 is 21.6 Å². The third-order valence-electron chi connectivity index (χ3n) is 4.43. The molecule has 0 radical (unpaired) electrons. The summed E-state index contributed by atoms with van der Waals surface area (Å²) in [6.07, 6.45) is -0.399. The van der Waals surface area contributed by atoms with Crippen LogP contribution in [0, 0.1) is 0 Å². The number of sulfonamides is 1. The number of morpholine rings is 1. The maximum Gasteiger partial charge on any atom is 0.243 e. The Morgan fingerprint density at radius 1 is 1.00 bits per heavy atom. The zero-order valence-corrected chi connectivity index (χ0v) is 15.5. The van der Waals surface area contributed by atoms with Crippen molar-refractivity contribution in [3.63, 3.8) is 0 Å². The van der Waals surface area contributed by atoms with Gasteiger partial charge in [-0.25, -0.2) is 8.42 Å². The molecule has 2 aromatic rings. The highest BCUT2D eigenvalue weighted by molar-refractivity contribution is 7.89. The molecule has 138 valence electrons. The van der Waals surface area contributed by atoms with Gasteiger partial charge in [0.25, 0.3) is 0 Å². The molecule has 8 heteroatoms. The molecule has 2 aromatic carbocycles. The van der Waals surface area contributed by atoms with E-state index in [1.807, 2.05) is 18.2 Å². The molecule has 0 bridgehead atoms. The molecule has 26 heavy (non-hydrogen) atoms. The van der Waals surface area contributed by atoms with Gasteiger partial charge in [0.1, 0.15) is 13.2 Å². The van der Waals surface area contributed by atoms with Crippen molar-refractivity contribution in [3.05, 3.63) is 53.1 Å². The van der Waals surface area contributed by atoms with Gasteiger partial charge in [-0.05, 0) is 18.2 Å². The highest BCUT2D eigenvalue weighted by Gasteiger charge is 2.33. The van der Waals surface area contributed by atoms with Crippen molar-refractivity contribution in [2.75, 3.05) is 32.9 Å². The largest absolute Gasteiger partial charge is 0.486 e. The molecule has 1 atom stereocenters. The molecule has 1 unspecified atom stereocenters. The molecule has 1 fully saturated rings. The van der Waals surface area contributed by atoms with Crippen LogP contribution in [-0.4, -0.2) is 45.6 Å². The standard InChI is InChI=1S/C18H18ClNO5S/c19-15-4-2-1-3-14(15)18-12-20(7-8-23-18)26(21,22)13-5-6-16-17(11-13)25-10-9-24-16/h1-6,11,18H,7-10,12H2. The maximum absolute atomic E-state index is 13.1. The lowest BCUT2D eigenvalue weighted by Gasteiger charge is -2.33. The SMILES string of the molecule is O=S(=O)(c1ccc2c(c1)OCCO2)N1CCOC(c2ccccc2Cl)C1. The predicted octanol–water partition coefficient (Wildman–Crippen LogP) is 2.87. The first-order chi connectivity index (χ1) is 12.6. The van der Waals surface area contributed by atoms with Gasteiger partial charge in [-0.2, -0.15) is 4.31 Å². The molecule has 2 heterocycles. The topological polar surface area (TPSA) is 65.1 Å². The van der Waals surface area contributed by atoms with Gasteiger partial charge in [0.05, 0.1) is 17.6 Å². The Bertz CT molecular complexity index is 918. The molecular weight excluding hydrogens is 378 g/mol. The molecule has 0 amide bonds. The van der Waals surface area contributed by atoms with Crippen LogP contribution in [0.3, 0.4) is 0 Å². The van der Waals surface area contributed by atoms with Crippen LogP contribution < -0.4 is 9.47 Å². The zero-order chi connectivity index (χ0) is 18.1. The van der Waals surface area contributed by atoms with Gasteiger partial charge >= 0.3 is 0 Å². The van der Waals surface area contributed by atoms with E-state index in [1.54, 1.807) is 18.2 Å². The van der Waals surface area contributed by atoms with Crippen LogP contribution in [-0.2, 0) is 14.8 Å². The third kappa shape index (κ3) is 3.27. The van der Waals surface area contributed by atoms with E-state index >= 15 is 0 Å². The predicted molar refractivity (Wildman–Crippen MR) is 96.3 cm³/mol. The molecular formula is C18H18ClNO5S. The fraction of sp³-hybridized carbons (Fsp3) is 0.333. The summed E-state index contributed by atoms with van der Waals surface area (Å²) in [4.78, 5) is 0.182. The second-order valence-corrected chi connectivity index (χ2v) is 8.39. The first kappa shape index (κ1) is 17.6. The minimum atomic E-state index is -3.67. The van der Waals surface area contributed by atoms with Gasteiger partial charge in [0.2, 0.25) is 10.0 Å². The summed E-state index contributed by atoms with van der Waals surface area (Å²) in [6.45, 7) is 1.67. The quantitative estimate of drug-likeness (QED) is 0.799. The average Bonchev–Trinajstić information content (AvgIpc) is 2.68. The molecule has 2 aliphatic heterocycles. The fourth-order valence-corrected chi connectivity index (χ4v) is 4.80. The number of nitrogens with zero attached hydrogens (tertiary/aromatic N) is 1. The molecule has 2 aliphatic rings. The number of fused-ring (bicyclic) bond motifs is 1. The number of hydrogen-bond donors (Lipinski definition) is 0. The molecule has 0 saturated carbocycles. The lowest BCUT2D eigenvalue weighted by atomic mass is 10.1. The molecule has 0 aliphatic carbocycles. The number of rotatable bonds is 3. The monoisotopic (exact) mass is 395 g/mol. The normalized spacial score (nSPS) is 20.7. The Morgan fingerprint density at radius 3 is 2.58 bits per heavy atom. The van der Waals surface area contributed by atoms with Gasteiger partial charge in [-0.3, -0.25) is 0 Å². The summed E-state index contributed by atoms with van der Waals surface area (Å²) >= 11 is 6.24. The smallest absolute Gasteiger partial charge is 0.243 e. The summed E-state index contributed by atoms with van der Waals surface area (Å²) in [7, 11) is -3.67. The molecule has 4 rings (SSSR count). The van der Waals surface area contributed by atoms with Crippen LogP contribution in [0.2, 0.25) is 5.02 Å². The van der Waals surface area contributed by atoms with E-state index in [4.69, 9.17) is 25.8 Å². The summed E-state index contributed by atoms with van der Waals surface area (Å²) in [5, 5.41) is 0.566. The zero-order valence-electron chi connectivity index (χ0n) is 13.9. The summed E-state index contributed by atoms with van der Waals surface area (Å²) in [6, 6.07) is 12.0. The van der Waals surface area contributed by atoms with E-state index in [2.05, 4.69) is 0 Å². The lowest BCUT2D eigenvalue weighted by Crippen LogP contribution is -2.42. The average molecular weight is 396 g/mol. The van der Waals surface area contributed by atoms with Crippen LogP contribution >= 0.6 is 11.6 Å². The Kier molecular flexibility index (Phi) is 4.79. The Balaban J connectivity index is 1.60. The molecule has 6 nitrogen and oxygen atoms in total. The van der Waals surface area contributed by atoms with Gasteiger partial charge in [-0.1, -0.05) is 29.8 Å². The second kappa shape index (κ2) is 7.08. The van der Waals surface area contributed by atoms with Crippen molar-refractivity contribution in [1.82, 2.24) is 4.31 Å². The van der Waals surface area contributed by atoms with Crippen LogP contribution in [0.25, 0.3) is 0 Å². The number of hydrogen-bond acceptors (Lipinski definition) is 5. The highest BCUT2D eigenvalue weighted by Crippen LogP contribution is 2.35. The van der Waals surface area contributed by atoms with Gasteiger partial charge in [0, 0.05) is 29.7 Å². The Hall–Kier alpha value is -1.80. The van der Waals surface area contributed by atoms with Gasteiger partial charge in [0.15, 0.2) is 11.5 Å². The minimum absolute atomic E-state index is 0.182. The molecule has 0 N–H and O–H groups in total. The Morgan fingerprint density at radius 2 is 1.77 bits per heavy atom. The minimum Gasteiger partial charge on any atom is -0.486 e. The number of halogens is 1. The van der Waals surface area contributed by atoms with Crippen LogP contribution in [0.1, 0.15) is 11.7 Å². The molecule has 1 saturated heterocycles. The first-order valence-corrected chi connectivity index (χ1v) is 10.1. The van der Waals surface area contributed by atoms with Crippen LogP contribution in [0.4, 0.5) is 0 Å². The van der Waals surface area contributed by atoms with Crippen LogP contribution in [0.15, 0.2) is 47.4 Å². The number of ether oxygens (including phenoxy) is 3. The first-order valence-electron chi connectivity index (χ1n) is 8.31. The van der Waals surface area contributed by atoms with Crippen molar-refractivity contribution in [2.24, 2.45) is 0 Å². The van der Waals surface area contributed by atoms with Crippen molar-refractivity contribution in [2.45, 2.75) is 11.0 Å². The summed E-state index contributed by atoms with van der Waals surface area (Å²) < 4.78 is 44.3. The van der Waals surface area contributed by atoms with Gasteiger partial charge in [-0.15, -0.1) is 0 Å². The van der Waals surface area contributed by atoms with E-state index in [1.165, 1.54) is 10.4 Å². The third-order valence-corrected chi connectivity index (χ3v) is 6.64. The van der Waals surface area contributed by atoms with Crippen molar-refractivity contribution in [1.29, 1.82) is 0 Å².